The van der Waals surface area contributed by atoms with Crippen LogP contribution in [0.1, 0.15) is 36.6 Å². The van der Waals surface area contributed by atoms with Crippen molar-refractivity contribution in [3.05, 3.63) is 50.4 Å². The molecule has 0 saturated heterocycles. The van der Waals surface area contributed by atoms with Gasteiger partial charge in [0.2, 0.25) is 12.2 Å². The van der Waals surface area contributed by atoms with Gasteiger partial charge in [0.25, 0.3) is 5.56 Å². The zero-order valence-electron chi connectivity index (χ0n) is 19.7. The summed E-state index contributed by atoms with van der Waals surface area (Å²) in [7, 11) is 1.54. The first-order chi connectivity index (χ1) is 17.4. The summed E-state index contributed by atoms with van der Waals surface area (Å²) < 4.78 is 132. The highest BCUT2D eigenvalue weighted by Crippen LogP contribution is 2.46. The second kappa shape index (κ2) is 11.4. The van der Waals surface area contributed by atoms with E-state index in [9.17, 15) is 49.1 Å². The Morgan fingerprint density at radius 1 is 1.03 bits per heavy atom. The van der Waals surface area contributed by atoms with Crippen molar-refractivity contribution in [3.63, 3.8) is 0 Å². The Hall–Kier alpha value is -3.01. The number of benzene rings is 1. The maximum atomic E-state index is 13.7. The minimum absolute atomic E-state index is 0.0586. The third kappa shape index (κ3) is 6.70. The number of carbonyl (C=O) groups is 1. The third-order valence-electron chi connectivity index (χ3n) is 5.04. The highest BCUT2D eigenvalue weighted by molar-refractivity contribution is 6.34. The van der Waals surface area contributed by atoms with Gasteiger partial charge in [-0.3, -0.25) is 14.3 Å². The molecule has 1 heterocycles. The molecule has 0 aliphatic rings. The summed E-state index contributed by atoms with van der Waals surface area (Å²) in [5.41, 5.74) is -8.41. The second-order valence-electron chi connectivity index (χ2n) is 7.62. The van der Waals surface area contributed by atoms with Crippen LogP contribution in [-0.4, -0.2) is 36.0 Å². The van der Waals surface area contributed by atoms with Gasteiger partial charge in [0.15, 0.2) is 5.69 Å². The molecule has 0 fully saturated rings. The first-order valence-corrected chi connectivity index (χ1v) is 10.8. The highest BCUT2D eigenvalue weighted by Gasteiger charge is 2.43. The lowest BCUT2D eigenvalue weighted by Crippen LogP contribution is -2.44. The van der Waals surface area contributed by atoms with Crippen molar-refractivity contribution in [2.24, 2.45) is 0 Å². The summed E-state index contributed by atoms with van der Waals surface area (Å²) >= 11 is 5.86. The summed E-state index contributed by atoms with van der Waals surface area (Å²) in [5.74, 6) is -2.63. The summed E-state index contributed by atoms with van der Waals surface area (Å²) in [4.78, 5) is 28.6. The predicted octanol–water partition coefficient (Wildman–Crippen LogP) is 6.04. The molecule has 1 aromatic heterocycles. The molecule has 212 valence electrons. The summed E-state index contributed by atoms with van der Waals surface area (Å²) in [6, 6.07) is -0.164. The van der Waals surface area contributed by atoms with Gasteiger partial charge in [-0.25, -0.2) is 9.78 Å². The monoisotopic (exact) mass is 583 g/mol. The van der Waals surface area contributed by atoms with Gasteiger partial charge in [0, 0.05) is 19.7 Å². The first-order valence-electron chi connectivity index (χ1n) is 10.4. The van der Waals surface area contributed by atoms with Gasteiger partial charge in [-0.2, -0.15) is 39.5 Å². The molecule has 0 radical (unpaired) electrons. The summed E-state index contributed by atoms with van der Waals surface area (Å²) in [6.45, 7) is 1.25. The Bertz CT molecular complexity index is 1230. The van der Waals surface area contributed by atoms with Gasteiger partial charge in [0.1, 0.15) is 0 Å². The lowest BCUT2D eigenvalue weighted by molar-refractivity contribution is -0.151. The lowest BCUT2D eigenvalue weighted by atomic mass is 10.1. The zero-order valence-corrected chi connectivity index (χ0v) is 20.4. The van der Waals surface area contributed by atoms with E-state index in [1.165, 1.54) is 0 Å². The minimum atomic E-state index is -5.48. The van der Waals surface area contributed by atoms with Crippen molar-refractivity contribution in [2.75, 3.05) is 19.1 Å². The number of carbonyl (C=O) groups excluding carboxylic acids is 1. The fourth-order valence-corrected chi connectivity index (χ4v) is 3.56. The van der Waals surface area contributed by atoms with Crippen molar-refractivity contribution in [1.82, 2.24) is 9.55 Å². The number of rotatable bonds is 8. The number of methoxy groups -OCH3 is 2. The normalized spacial score (nSPS) is 13.4. The van der Waals surface area contributed by atoms with E-state index < -0.39 is 69.8 Å². The van der Waals surface area contributed by atoms with Gasteiger partial charge < -0.3 is 9.47 Å². The fourth-order valence-electron chi connectivity index (χ4n) is 3.25. The number of aromatic nitrogens is 2. The Kier molecular flexibility index (Phi) is 9.35. The molecule has 2 aromatic rings. The van der Waals surface area contributed by atoms with E-state index in [0.29, 0.717) is 11.0 Å². The Morgan fingerprint density at radius 3 is 2.08 bits per heavy atom. The number of alkyl halides is 9. The molecule has 0 spiro atoms. The van der Waals surface area contributed by atoms with E-state index in [2.05, 4.69) is 9.72 Å². The van der Waals surface area contributed by atoms with Gasteiger partial charge in [-0.15, -0.1) is 0 Å². The van der Waals surface area contributed by atoms with E-state index >= 15 is 0 Å². The minimum Gasteiger partial charge on any atom is -0.466 e. The standard InChI is InChI=1S/C21H19ClF9N3O4/c1-4-5-6-33-14(35)9-13(21(29,30)31)32-18(33)34(16(37-2)17(36)38-3)12-8-10(19(23,24)25)7-11(15(12)22)20(26,27)28/h7-9,16H,4-6H2,1-3H3. The van der Waals surface area contributed by atoms with Crippen LogP contribution in [0.25, 0.3) is 0 Å². The van der Waals surface area contributed by atoms with Crippen LogP contribution >= 0.6 is 11.6 Å². The largest absolute Gasteiger partial charge is 0.466 e. The number of anilines is 2. The fraction of sp³-hybridized carbons (Fsp3) is 0.476. The van der Waals surface area contributed by atoms with Crippen LogP contribution in [0.4, 0.5) is 51.1 Å². The number of unbranched alkanes of at least 4 members (excludes halogenated alkanes) is 1. The highest BCUT2D eigenvalue weighted by atomic mass is 35.5. The summed E-state index contributed by atoms with van der Waals surface area (Å²) in [6.07, 6.45) is -18.0. The molecular weight excluding hydrogens is 565 g/mol. The van der Waals surface area contributed by atoms with Crippen LogP contribution in [0, 0.1) is 0 Å². The van der Waals surface area contributed by atoms with Crippen LogP contribution < -0.4 is 10.5 Å². The molecule has 0 aliphatic heterocycles. The molecule has 1 unspecified atom stereocenters. The maximum Gasteiger partial charge on any atom is 0.433 e. The molecular formula is C21H19ClF9N3O4. The lowest BCUT2D eigenvalue weighted by Gasteiger charge is -2.33. The maximum absolute atomic E-state index is 13.7. The zero-order chi connectivity index (χ0) is 29.2. The Labute approximate surface area is 213 Å². The molecule has 17 heteroatoms. The number of esters is 1. The first kappa shape index (κ1) is 31.2. The molecule has 1 aromatic carbocycles. The quantitative estimate of drug-likeness (QED) is 0.214. The summed E-state index contributed by atoms with van der Waals surface area (Å²) in [5, 5.41) is -1.44. The van der Waals surface area contributed by atoms with Crippen LogP contribution in [0.3, 0.4) is 0 Å². The van der Waals surface area contributed by atoms with E-state index in [4.69, 9.17) is 16.3 Å². The second-order valence-corrected chi connectivity index (χ2v) is 7.99. The molecule has 7 nitrogen and oxygen atoms in total. The van der Waals surface area contributed by atoms with Crippen molar-refractivity contribution in [2.45, 2.75) is 51.1 Å². The third-order valence-corrected chi connectivity index (χ3v) is 5.43. The number of ether oxygens (including phenoxy) is 2. The SMILES string of the molecule is CCCCn1c(N(c2cc(C(F)(F)F)cc(C(F)(F)F)c2Cl)C(OC)C(=O)OC)nc(C(F)(F)F)cc1=O. The van der Waals surface area contributed by atoms with Crippen LogP contribution in [0.2, 0.25) is 5.02 Å². The van der Waals surface area contributed by atoms with E-state index in [1.807, 2.05) is 0 Å². The van der Waals surface area contributed by atoms with Crippen molar-refractivity contribution >= 4 is 29.2 Å². The smallest absolute Gasteiger partial charge is 0.433 e. The number of nitrogens with zero attached hydrogens (tertiary/aromatic N) is 3. The number of hydrogen-bond acceptors (Lipinski definition) is 6. The molecule has 0 bridgehead atoms. The van der Waals surface area contributed by atoms with E-state index in [-0.39, 0.29) is 36.1 Å². The van der Waals surface area contributed by atoms with Crippen molar-refractivity contribution in [1.29, 1.82) is 0 Å². The van der Waals surface area contributed by atoms with Gasteiger partial charge in [-0.05, 0) is 18.6 Å². The molecule has 2 rings (SSSR count). The van der Waals surface area contributed by atoms with Gasteiger partial charge in [-0.1, -0.05) is 24.9 Å². The predicted molar refractivity (Wildman–Crippen MR) is 115 cm³/mol. The molecule has 38 heavy (non-hydrogen) atoms. The molecule has 0 saturated carbocycles. The number of halogens is 10. The van der Waals surface area contributed by atoms with Crippen molar-refractivity contribution in [3.8, 4) is 0 Å². The van der Waals surface area contributed by atoms with E-state index in [1.54, 1.807) is 6.92 Å². The Morgan fingerprint density at radius 2 is 1.63 bits per heavy atom. The number of hydrogen-bond donors (Lipinski definition) is 0. The van der Waals surface area contributed by atoms with Crippen LogP contribution in [0.15, 0.2) is 23.0 Å². The van der Waals surface area contributed by atoms with Crippen molar-refractivity contribution < 1.29 is 53.8 Å². The topological polar surface area (TPSA) is 73.7 Å². The van der Waals surface area contributed by atoms with Crippen LogP contribution in [-0.2, 0) is 39.3 Å². The average molecular weight is 584 g/mol. The average Bonchev–Trinajstić information content (AvgIpc) is 2.79. The van der Waals surface area contributed by atoms with Gasteiger partial charge >= 0.3 is 24.5 Å². The van der Waals surface area contributed by atoms with E-state index in [0.717, 1.165) is 14.2 Å². The van der Waals surface area contributed by atoms with Crippen LogP contribution in [0.5, 0.6) is 0 Å². The molecule has 0 amide bonds. The molecule has 0 aliphatic carbocycles. The molecule has 0 N–H and O–H groups in total. The Balaban J connectivity index is 3.16. The molecule has 1 atom stereocenters. The van der Waals surface area contributed by atoms with Gasteiger partial charge in [0.05, 0.1) is 28.9 Å².